The Kier molecular flexibility index (Phi) is 3.88. The second-order valence-corrected chi connectivity index (χ2v) is 4.40. The van der Waals surface area contributed by atoms with Gasteiger partial charge >= 0.3 is 0 Å². The molecule has 0 unspecified atom stereocenters. The van der Waals surface area contributed by atoms with Crippen LogP contribution in [0.1, 0.15) is 16.1 Å². The third-order valence-electron chi connectivity index (χ3n) is 3.08. The van der Waals surface area contributed by atoms with E-state index >= 15 is 0 Å². The van der Waals surface area contributed by atoms with Gasteiger partial charge in [-0.3, -0.25) is 19.6 Å². The van der Waals surface area contributed by atoms with E-state index in [1.54, 1.807) is 18.7 Å². The monoisotopic (exact) mass is 290 g/mol. The Bertz CT molecular complexity index is 708. The van der Waals surface area contributed by atoms with Crippen LogP contribution in [0.5, 0.6) is 5.75 Å². The van der Waals surface area contributed by atoms with E-state index in [2.05, 4.69) is 10.4 Å². The van der Waals surface area contributed by atoms with Crippen molar-refractivity contribution in [2.75, 3.05) is 12.4 Å². The number of hydrogen-bond acceptors (Lipinski definition) is 5. The maximum absolute atomic E-state index is 12.2. The zero-order valence-corrected chi connectivity index (χ0v) is 11.8. The van der Waals surface area contributed by atoms with Gasteiger partial charge in [-0.15, -0.1) is 0 Å². The van der Waals surface area contributed by atoms with Crippen LogP contribution < -0.4 is 10.1 Å². The van der Waals surface area contributed by atoms with Crippen molar-refractivity contribution >= 4 is 17.3 Å². The number of rotatable bonds is 4. The summed E-state index contributed by atoms with van der Waals surface area (Å²) in [5, 5.41) is 17.4. The van der Waals surface area contributed by atoms with Crippen molar-refractivity contribution < 1.29 is 14.5 Å². The number of methoxy groups -OCH3 is 1. The van der Waals surface area contributed by atoms with Crippen molar-refractivity contribution in [2.24, 2.45) is 7.05 Å². The van der Waals surface area contributed by atoms with Gasteiger partial charge in [-0.05, 0) is 6.92 Å². The predicted octanol–water partition coefficient (Wildman–Crippen LogP) is 1.90. The van der Waals surface area contributed by atoms with Gasteiger partial charge in [0.15, 0.2) is 0 Å². The maximum atomic E-state index is 12.2. The quantitative estimate of drug-likeness (QED) is 0.684. The Morgan fingerprint density at radius 2 is 2.14 bits per heavy atom. The molecule has 1 amide bonds. The Morgan fingerprint density at radius 1 is 1.43 bits per heavy atom. The SMILES string of the molecule is COc1cc(NC(=O)c2cnn(C)c2C)cc([N+](=O)[O-])c1. The Labute approximate surface area is 120 Å². The first-order valence-corrected chi connectivity index (χ1v) is 6.05. The Hall–Kier alpha value is -2.90. The lowest BCUT2D eigenvalue weighted by molar-refractivity contribution is -0.384. The fraction of sp³-hybridized carbons (Fsp3) is 0.231. The van der Waals surface area contributed by atoms with Gasteiger partial charge in [0.25, 0.3) is 11.6 Å². The molecule has 1 N–H and O–H groups in total. The number of ether oxygens (including phenoxy) is 1. The summed E-state index contributed by atoms with van der Waals surface area (Å²) < 4.78 is 6.56. The van der Waals surface area contributed by atoms with Gasteiger partial charge in [-0.2, -0.15) is 5.10 Å². The van der Waals surface area contributed by atoms with Crippen molar-refractivity contribution in [1.29, 1.82) is 0 Å². The van der Waals surface area contributed by atoms with E-state index in [4.69, 9.17) is 4.74 Å². The van der Waals surface area contributed by atoms with Gasteiger partial charge in [-0.1, -0.05) is 0 Å². The van der Waals surface area contributed by atoms with Crippen molar-refractivity contribution in [2.45, 2.75) is 6.92 Å². The molecule has 110 valence electrons. The number of non-ortho nitro benzene ring substituents is 1. The fourth-order valence-electron chi connectivity index (χ4n) is 1.80. The molecule has 1 aromatic heterocycles. The van der Waals surface area contributed by atoms with Gasteiger partial charge in [0.2, 0.25) is 0 Å². The zero-order valence-electron chi connectivity index (χ0n) is 11.8. The molecule has 8 nitrogen and oxygen atoms in total. The zero-order chi connectivity index (χ0) is 15.6. The largest absolute Gasteiger partial charge is 0.496 e. The van der Waals surface area contributed by atoms with E-state index in [9.17, 15) is 14.9 Å². The van der Waals surface area contributed by atoms with Gasteiger partial charge in [-0.25, -0.2) is 0 Å². The summed E-state index contributed by atoms with van der Waals surface area (Å²) in [6.45, 7) is 1.76. The minimum absolute atomic E-state index is 0.160. The summed E-state index contributed by atoms with van der Waals surface area (Å²) >= 11 is 0. The summed E-state index contributed by atoms with van der Waals surface area (Å²) in [5.74, 6) is -0.0921. The third kappa shape index (κ3) is 2.99. The van der Waals surface area contributed by atoms with Crippen LogP contribution in [0.15, 0.2) is 24.4 Å². The van der Waals surface area contributed by atoms with Crippen LogP contribution in [-0.2, 0) is 7.05 Å². The topological polar surface area (TPSA) is 99.3 Å². The van der Waals surface area contributed by atoms with E-state index < -0.39 is 4.92 Å². The molecular weight excluding hydrogens is 276 g/mol. The van der Waals surface area contributed by atoms with Gasteiger partial charge in [0, 0.05) is 24.9 Å². The highest BCUT2D eigenvalue weighted by atomic mass is 16.6. The van der Waals surface area contributed by atoms with Gasteiger partial charge in [0.05, 0.1) is 35.5 Å². The number of aryl methyl sites for hydroxylation is 1. The second kappa shape index (κ2) is 5.61. The lowest BCUT2D eigenvalue weighted by Gasteiger charge is -2.07. The molecule has 0 saturated heterocycles. The molecule has 2 aromatic rings. The van der Waals surface area contributed by atoms with Crippen molar-refractivity contribution in [3.63, 3.8) is 0 Å². The van der Waals surface area contributed by atoms with E-state index in [0.29, 0.717) is 17.0 Å². The first kappa shape index (κ1) is 14.5. The number of anilines is 1. The van der Waals surface area contributed by atoms with Crippen LogP contribution in [0, 0.1) is 17.0 Å². The highest BCUT2D eigenvalue weighted by Crippen LogP contribution is 2.26. The number of nitro benzene ring substituents is 1. The molecule has 0 fully saturated rings. The summed E-state index contributed by atoms with van der Waals surface area (Å²) in [6, 6.07) is 4.06. The summed E-state index contributed by atoms with van der Waals surface area (Å²) in [4.78, 5) is 22.5. The predicted molar refractivity (Wildman–Crippen MR) is 75.5 cm³/mol. The minimum Gasteiger partial charge on any atom is -0.496 e. The molecule has 8 heteroatoms. The number of amides is 1. The van der Waals surface area contributed by atoms with E-state index in [1.165, 1.54) is 31.5 Å². The molecular formula is C13H14N4O4. The van der Waals surface area contributed by atoms with Crippen LogP contribution in [-0.4, -0.2) is 27.7 Å². The lowest BCUT2D eigenvalue weighted by Crippen LogP contribution is -2.13. The van der Waals surface area contributed by atoms with Crippen LogP contribution in [0.2, 0.25) is 0 Å². The maximum Gasteiger partial charge on any atom is 0.275 e. The minimum atomic E-state index is -0.548. The normalized spacial score (nSPS) is 10.2. The molecule has 0 aliphatic carbocycles. The smallest absolute Gasteiger partial charge is 0.275 e. The van der Waals surface area contributed by atoms with E-state index in [-0.39, 0.29) is 17.3 Å². The van der Waals surface area contributed by atoms with Crippen molar-refractivity contribution in [3.05, 3.63) is 45.8 Å². The van der Waals surface area contributed by atoms with Crippen LogP contribution >= 0.6 is 0 Å². The molecule has 2 rings (SSSR count). The number of hydrogen-bond donors (Lipinski definition) is 1. The van der Waals surface area contributed by atoms with Crippen LogP contribution in [0.3, 0.4) is 0 Å². The van der Waals surface area contributed by atoms with Gasteiger partial charge in [0.1, 0.15) is 5.75 Å². The van der Waals surface area contributed by atoms with E-state index in [0.717, 1.165) is 0 Å². The molecule has 1 heterocycles. The first-order valence-electron chi connectivity index (χ1n) is 6.05. The number of nitrogens with zero attached hydrogens (tertiary/aromatic N) is 3. The summed E-state index contributed by atoms with van der Waals surface area (Å²) in [5.41, 5.74) is 1.23. The van der Waals surface area contributed by atoms with Crippen LogP contribution in [0.25, 0.3) is 0 Å². The standard InChI is InChI=1S/C13H14N4O4/c1-8-12(7-14-16(8)2)13(18)15-9-4-10(17(19)20)6-11(5-9)21-3/h4-7H,1-3H3,(H,15,18). The van der Waals surface area contributed by atoms with E-state index in [1.807, 2.05) is 0 Å². The second-order valence-electron chi connectivity index (χ2n) is 4.40. The molecule has 1 aromatic carbocycles. The molecule has 0 atom stereocenters. The Morgan fingerprint density at radius 3 is 2.67 bits per heavy atom. The highest BCUT2D eigenvalue weighted by Gasteiger charge is 2.16. The molecule has 0 bridgehead atoms. The van der Waals surface area contributed by atoms with Crippen LogP contribution in [0.4, 0.5) is 11.4 Å². The van der Waals surface area contributed by atoms with Gasteiger partial charge < -0.3 is 10.1 Å². The average Bonchev–Trinajstić information content (AvgIpc) is 2.78. The summed E-state index contributed by atoms with van der Waals surface area (Å²) in [6.07, 6.45) is 1.44. The molecule has 0 radical (unpaired) electrons. The number of aromatic nitrogens is 2. The summed E-state index contributed by atoms with van der Waals surface area (Å²) in [7, 11) is 3.12. The fourth-order valence-corrected chi connectivity index (χ4v) is 1.80. The average molecular weight is 290 g/mol. The Balaban J connectivity index is 2.30. The number of carbonyl (C=O) groups excluding carboxylic acids is 1. The molecule has 0 saturated carbocycles. The number of nitrogens with one attached hydrogen (secondary N) is 1. The third-order valence-corrected chi connectivity index (χ3v) is 3.08. The highest BCUT2D eigenvalue weighted by molar-refractivity contribution is 6.05. The number of nitro groups is 1. The molecule has 0 aliphatic rings. The molecule has 21 heavy (non-hydrogen) atoms. The van der Waals surface area contributed by atoms with Crippen molar-refractivity contribution in [3.8, 4) is 5.75 Å². The first-order chi connectivity index (χ1) is 9.92. The van der Waals surface area contributed by atoms with Crippen molar-refractivity contribution in [1.82, 2.24) is 9.78 Å². The molecule has 0 aliphatic heterocycles. The lowest BCUT2D eigenvalue weighted by atomic mass is 10.2. The number of benzene rings is 1. The molecule has 0 spiro atoms. The number of carbonyl (C=O) groups is 1.